The summed E-state index contributed by atoms with van der Waals surface area (Å²) in [5, 5.41) is 4.51. The molecular weight excluding hydrogens is 392 g/mol. The maximum atomic E-state index is 12.8. The molecule has 0 aliphatic heterocycles. The monoisotopic (exact) mass is 408 g/mol. The van der Waals surface area contributed by atoms with E-state index in [1.807, 2.05) is 18.5 Å². The molecule has 1 heterocycles. The fraction of sp³-hybridized carbons (Fsp3) is 0.400. The van der Waals surface area contributed by atoms with E-state index < -0.39 is 11.7 Å². The third-order valence-electron chi connectivity index (χ3n) is 3.32. The van der Waals surface area contributed by atoms with E-state index in [1.165, 1.54) is 12.1 Å². The average Bonchev–Trinajstić information content (AvgIpc) is 2.73. The van der Waals surface area contributed by atoms with Gasteiger partial charge in [0.2, 0.25) is 0 Å². The van der Waals surface area contributed by atoms with Gasteiger partial charge in [0.1, 0.15) is 0 Å². The van der Waals surface area contributed by atoms with E-state index in [0.29, 0.717) is 12.1 Å². The van der Waals surface area contributed by atoms with Crippen molar-refractivity contribution >= 4 is 22.6 Å². The summed E-state index contributed by atoms with van der Waals surface area (Å²) in [4.78, 5) is 0. The third kappa shape index (κ3) is 3.59. The first kappa shape index (κ1) is 16.3. The predicted octanol–water partition coefficient (Wildman–Crippen LogP) is 4.68. The summed E-state index contributed by atoms with van der Waals surface area (Å²) < 4.78 is 41.2. The fourth-order valence-electron chi connectivity index (χ4n) is 2.24. The molecule has 0 aliphatic carbocycles. The van der Waals surface area contributed by atoms with Crippen LogP contribution in [0, 0.1) is 3.57 Å². The number of aryl methyl sites for hydroxylation is 1. The minimum atomic E-state index is -4.31. The molecule has 0 unspecified atom stereocenters. The standard InChI is InChI=1S/C15H16F3IN2/c1-3-12-14(19)13(4-2)21(20-12)9-10-6-5-7-11(8-10)15(16,17)18/h5-8H,3-4,9H2,1-2H3. The molecule has 2 nitrogen and oxygen atoms in total. The molecule has 0 spiro atoms. The van der Waals surface area contributed by atoms with Crippen molar-refractivity contribution in [3.63, 3.8) is 0 Å². The topological polar surface area (TPSA) is 17.8 Å². The summed E-state index contributed by atoms with van der Waals surface area (Å²) in [6, 6.07) is 5.43. The van der Waals surface area contributed by atoms with Crippen molar-refractivity contribution in [2.45, 2.75) is 39.4 Å². The molecule has 1 aromatic carbocycles. The molecular formula is C15H16F3IN2. The third-order valence-corrected chi connectivity index (χ3v) is 4.56. The fourth-order valence-corrected chi connectivity index (χ4v) is 3.39. The first-order chi connectivity index (χ1) is 9.86. The molecule has 0 bridgehead atoms. The van der Waals surface area contributed by atoms with Gasteiger partial charge in [0, 0.05) is 0 Å². The lowest BCUT2D eigenvalue weighted by atomic mass is 10.1. The molecule has 1 aromatic heterocycles. The molecule has 0 saturated heterocycles. The van der Waals surface area contributed by atoms with E-state index in [0.717, 1.165) is 33.9 Å². The summed E-state index contributed by atoms with van der Waals surface area (Å²) >= 11 is 2.26. The first-order valence-corrected chi connectivity index (χ1v) is 7.84. The molecule has 2 aromatic rings. The second kappa shape index (κ2) is 6.37. The number of alkyl halides is 3. The number of rotatable bonds is 4. The van der Waals surface area contributed by atoms with Crippen LogP contribution in [0.5, 0.6) is 0 Å². The van der Waals surface area contributed by atoms with E-state index in [1.54, 1.807) is 6.07 Å². The van der Waals surface area contributed by atoms with Crippen LogP contribution in [0.4, 0.5) is 13.2 Å². The van der Waals surface area contributed by atoms with Crippen molar-refractivity contribution in [1.82, 2.24) is 9.78 Å². The lowest BCUT2D eigenvalue weighted by Crippen LogP contribution is -2.09. The number of nitrogens with zero attached hydrogens (tertiary/aromatic N) is 2. The molecule has 0 atom stereocenters. The van der Waals surface area contributed by atoms with Gasteiger partial charge in [0.25, 0.3) is 0 Å². The SMILES string of the molecule is CCc1nn(Cc2cccc(C(F)(F)F)c2)c(CC)c1I. The number of benzene rings is 1. The van der Waals surface area contributed by atoms with Crippen LogP contribution in [0.25, 0.3) is 0 Å². The Morgan fingerprint density at radius 3 is 2.48 bits per heavy atom. The minimum Gasteiger partial charge on any atom is -0.264 e. The molecule has 0 aliphatic rings. The van der Waals surface area contributed by atoms with Crippen LogP contribution in [0.3, 0.4) is 0 Å². The predicted molar refractivity (Wildman–Crippen MR) is 84.2 cm³/mol. The molecule has 2 rings (SSSR count). The zero-order chi connectivity index (χ0) is 15.6. The number of hydrogen-bond acceptors (Lipinski definition) is 1. The maximum absolute atomic E-state index is 12.8. The first-order valence-electron chi connectivity index (χ1n) is 6.77. The van der Waals surface area contributed by atoms with Crippen molar-refractivity contribution in [1.29, 1.82) is 0 Å². The number of halogens is 4. The highest BCUT2D eigenvalue weighted by Gasteiger charge is 2.30. The van der Waals surface area contributed by atoms with E-state index >= 15 is 0 Å². The Bertz CT molecular complexity index is 632. The van der Waals surface area contributed by atoms with E-state index in [2.05, 4.69) is 27.7 Å². The quantitative estimate of drug-likeness (QED) is 0.672. The van der Waals surface area contributed by atoms with Gasteiger partial charge in [-0.1, -0.05) is 26.0 Å². The normalized spacial score (nSPS) is 11.9. The summed E-state index contributed by atoms with van der Waals surface area (Å²) in [7, 11) is 0. The van der Waals surface area contributed by atoms with Crippen LogP contribution in [0.15, 0.2) is 24.3 Å². The van der Waals surface area contributed by atoms with Crippen molar-refractivity contribution in [3.05, 3.63) is 50.4 Å². The molecule has 0 fully saturated rings. The van der Waals surface area contributed by atoms with E-state index in [9.17, 15) is 13.2 Å². The zero-order valence-electron chi connectivity index (χ0n) is 11.8. The Morgan fingerprint density at radius 2 is 1.90 bits per heavy atom. The van der Waals surface area contributed by atoms with Crippen molar-refractivity contribution in [3.8, 4) is 0 Å². The number of aromatic nitrogens is 2. The lowest BCUT2D eigenvalue weighted by Gasteiger charge is -2.10. The highest BCUT2D eigenvalue weighted by atomic mass is 127. The van der Waals surface area contributed by atoms with Crippen molar-refractivity contribution in [2.75, 3.05) is 0 Å². The minimum absolute atomic E-state index is 0.364. The van der Waals surface area contributed by atoms with Crippen LogP contribution in [0.2, 0.25) is 0 Å². The average molecular weight is 408 g/mol. The van der Waals surface area contributed by atoms with Crippen LogP contribution >= 0.6 is 22.6 Å². The van der Waals surface area contributed by atoms with Gasteiger partial charge in [-0.3, -0.25) is 4.68 Å². The van der Waals surface area contributed by atoms with Crippen LogP contribution in [-0.4, -0.2) is 9.78 Å². The molecule has 0 saturated carbocycles. The van der Waals surface area contributed by atoms with E-state index in [4.69, 9.17) is 0 Å². The second-order valence-corrected chi connectivity index (χ2v) is 5.85. The Kier molecular flexibility index (Phi) is 4.95. The lowest BCUT2D eigenvalue weighted by molar-refractivity contribution is -0.137. The van der Waals surface area contributed by atoms with E-state index in [-0.39, 0.29) is 0 Å². The molecule has 21 heavy (non-hydrogen) atoms. The second-order valence-electron chi connectivity index (χ2n) is 4.77. The van der Waals surface area contributed by atoms with Gasteiger partial charge in [0.05, 0.1) is 27.1 Å². The van der Waals surface area contributed by atoms with Gasteiger partial charge in [0.15, 0.2) is 0 Å². The summed E-state index contributed by atoms with van der Waals surface area (Å²) in [6.45, 7) is 4.42. The molecule has 6 heteroatoms. The molecule has 0 radical (unpaired) electrons. The van der Waals surface area contributed by atoms with Crippen LogP contribution in [0.1, 0.15) is 36.4 Å². The Labute approximate surface area is 135 Å². The van der Waals surface area contributed by atoms with Gasteiger partial charge in [-0.05, 0) is 53.1 Å². The van der Waals surface area contributed by atoms with Gasteiger partial charge in [-0.2, -0.15) is 18.3 Å². The Morgan fingerprint density at radius 1 is 1.19 bits per heavy atom. The summed E-state index contributed by atoms with van der Waals surface area (Å²) in [6.07, 6.45) is -2.68. The molecule has 114 valence electrons. The van der Waals surface area contributed by atoms with Gasteiger partial charge in [-0.25, -0.2) is 0 Å². The molecule has 0 amide bonds. The highest BCUT2D eigenvalue weighted by Crippen LogP contribution is 2.30. The summed E-state index contributed by atoms with van der Waals surface area (Å²) in [5.41, 5.74) is 2.07. The van der Waals surface area contributed by atoms with Crippen LogP contribution in [-0.2, 0) is 25.6 Å². The Balaban J connectivity index is 2.34. The maximum Gasteiger partial charge on any atom is 0.416 e. The van der Waals surface area contributed by atoms with Gasteiger partial charge >= 0.3 is 6.18 Å². The highest BCUT2D eigenvalue weighted by molar-refractivity contribution is 14.1. The van der Waals surface area contributed by atoms with Crippen molar-refractivity contribution < 1.29 is 13.2 Å². The van der Waals surface area contributed by atoms with Crippen LogP contribution < -0.4 is 0 Å². The van der Waals surface area contributed by atoms with Gasteiger partial charge in [-0.15, -0.1) is 0 Å². The largest absolute Gasteiger partial charge is 0.416 e. The number of hydrogen-bond donors (Lipinski definition) is 0. The summed E-state index contributed by atoms with van der Waals surface area (Å²) in [5.74, 6) is 0. The Hall–Kier alpha value is -1.05. The van der Waals surface area contributed by atoms with Gasteiger partial charge < -0.3 is 0 Å². The molecule has 0 N–H and O–H groups in total. The smallest absolute Gasteiger partial charge is 0.264 e. The van der Waals surface area contributed by atoms with Crippen molar-refractivity contribution in [2.24, 2.45) is 0 Å². The zero-order valence-corrected chi connectivity index (χ0v) is 14.0.